The molecule has 3 aromatic heterocycles. The van der Waals surface area contributed by atoms with Gasteiger partial charge in [-0.25, -0.2) is 15.0 Å². The van der Waals surface area contributed by atoms with Crippen LogP contribution in [0.4, 0.5) is 5.82 Å². The van der Waals surface area contributed by atoms with E-state index < -0.39 is 8.07 Å². The number of nitrogen functional groups attached to an aromatic ring is 1. The Kier molecular flexibility index (Phi) is 4.60. The highest BCUT2D eigenvalue weighted by molar-refractivity contribution is 6.87. The average Bonchev–Trinajstić information content (AvgIpc) is 2.91. The van der Waals surface area contributed by atoms with Crippen LogP contribution in [-0.2, 0) is 7.05 Å². The van der Waals surface area contributed by atoms with Gasteiger partial charge in [0.2, 0.25) is 0 Å². The summed E-state index contributed by atoms with van der Waals surface area (Å²) in [5.74, 6) is 3.80. The van der Waals surface area contributed by atoms with E-state index in [1.807, 2.05) is 23.9 Å². The standard InChI is InChI=1S/C21H27N5Si/c1-14-10-15(8-9-27(6,7)21(2,3)4)23-12-17(14)18-11-16-19(22)24-13-25-20(16)26(18)5/h10-13H,1-7H3,(H2,22,24,25). The van der Waals surface area contributed by atoms with Crippen molar-refractivity contribution >= 4 is 24.9 Å². The van der Waals surface area contributed by atoms with Crippen LogP contribution in [0.2, 0.25) is 18.1 Å². The summed E-state index contributed by atoms with van der Waals surface area (Å²) in [6.07, 6.45) is 3.38. The maximum Gasteiger partial charge on any atom is 0.145 e. The van der Waals surface area contributed by atoms with Crippen LogP contribution in [-0.4, -0.2) is 27.6 Å². The smallest absolute Gasteiger partial charge is 0.145 e. The monoisotopic (exact) mass is 377 g/mol. The van der Waals surface area contributed by atoms with E-state index in [2.05, 4.69) is 73.3 Å². The zero-order valence-electron chi connectivity index (χ0n) is 17.2. The molecule has 27 heavy (non-hydrogen) atoms. The number of pyridine rings is 1. The molecule has 0 saturated heterocycles. The molecule has 3 rings (SSSR count). The van der Waals surface area contributed by atoms with E-state index in [-0.39, 0.29) is 5.04 Å². The fourth-order valence-corrected chi connectivity index (χ4v) is 3.53. The third-order valence-corrected chi connectivity index (χ3v) is 10.1. The second-order valence-corrected chi connectivity index (χ2v) is 13.6. The minimum Gasteiger partial charge on any atom is -0.383 e. The number of nitrogens with zero attached hydrogens (tertiary/aromatic N) is 4. The Morgan fingerprint density at radius 1 is 1.11 bits per heavy atom. The largest absolute Gasteiger partial charge is 0.383 e. The van der Waals surface area contributed by atoms with Crippen LogP contribution in [0.1, 0.15) is 32.0 Å². The van der Waals surface area contributed by atoms with Crippen molar-refractivity contribution in [2.75, 3.05) is 5.73 Å². The number of rotatable bonds is 1. The van der Waals surface area contributed by atoms with Gasteiger partial charge in [0.1, 0.15) is 31.6 Å². The van der Waals surface area contributed by atoms with Crippen LogP contribution in [0.25, 0.3) is 22.3 Å². The molecule has 0 aromatic carbocycles. The van der Waals surface area contributed by atoms with Gasteiger partial charge in [-0.2, -0.15) is 0 Å². The van der Waals surface area contributed by atoms with Crippen molar-refractivity contribution < 1.29 is 0 Å². The molecular formula is C21H27N5Si. The summed E-state index contributed by atoms with van der Waals surface area (Å²) < 4.78 is 2.03. The molecule has 0 amide bonds. The second kappa shape index (κ2) is 6.50. The van der Waals surface area contributed by atoms with Gasteiger partial charge in [-0.3, -0.25) is 0 Å². The first kappa shape index (κ1) is 19.1. The lowest BCUT2D eigenvalue weighted by atomic mass is 10.1. The number of aryl methyl sites for hydroxylation is 2. The number of nitrogens with two attached hydrogens (primary N) is 1. The van der Waals surface area contributed by atoms with E-state index in [0.29, 0.717) is 5.82 Å². The van der Waals surface area contributed by atoms with Gasteiger partial charge in [0.25, 0.3) is 0 Å². The van der Waals surface area contributed by atoms with Crippen molar-refractivity contribution in [2.45, 2.75) is 45.8 Å². The third kappa shape index (κ3) is 3.47. The fraction of sp³-hybridized carbons (Fsp3) is 0.381. The number of fused-ring (bicyclic) bond motifs is 1. The molecule has 3 aromatic rings. The van der Waals surface area contributed by atoms with Gasteiger partial charge in [-0.05, 0) is 29.7 Å². The Hall–Kier alpha value is -2.65. The lowest BCUT2D eigenvalue weighted by molar-refractivity contribution is 0.731. The Balaban J connectivity index is 2.03. The van der Waals surface area contributed by atoms with Gasteiger partial charge >= 0.3 is 0 Å². The van der Waals surface area contributed by atoms with Gasteiger partial charge in [0.05, 0.1) is 11.1 Å². The molecule has 140 valence electrons. The van der Waals surface area contributed by atoms with Crippen LogP contribution in [0, 0.1) is 18.4 Å². The molecule has 5 nitrogen and oxygen atoms in total. The predicted molar refractivity (Wildman–Crippen MR) is 115 cm³/mol. The van der Waals surface area contributed by atoms with Gasteiger partial charge in [-0.15, -0.1) is 5.54 Å². The minimum absolute atomic E-state index is 0.235. The minimum atomic E-state index is -1.65. The molecule has 6 heteroatoms. The third-order valence-electron chi connectivity index (χ3n) is 5.62. The Morgan fingerprint density at radius 3 is 2.41 bits per heavy atom. The van der Waals surface area contributed by atoms with Gasteiger partial charge in [0, 0.05) is 18.8 Å². The van der Waals surface area contributed by atoms with E-state index in [1.165, 1.54) is 6.33 Å². The van der Waals surface area contributed by atoms with Gasteiger partial charge in [0.15, 0.2) is 0 Å². The van der Waals surface area contributed by atoms with Crippen molar-refractivity contribution in [3.8, 4) is 22.7 Å². The quantitative estimate of drug-likeness (QED) is 0.506. The van der Waals surface area contributed by atoms with Crippen molar-refractivity contribution in [3.63, 3.8) is 0 Å². The number of anilines is 1. The van der Waals surface area contributed by atoms with Gasteiger partial charge < -0.3 is 10.3 Å². The van der Waals surface area contributed by atoms with Crippen LogP contribution in [0.15, 0.2) is 24.7 Å². The number of hydrogen-bond donors (Lipinski definition) is 1. The van der Waals surface area contributed by atoms with Crippen molar-refractivity contribution in [2.24, 2.45) is 7.05 Å². The maximum atomic E-state index is 6.00. The molecule has 0 aliphatic heterocycles. The summed E-state index contributed by atoms with van der Waals surface area (Å²) in [6.45, 7) is 13.5. The summed E-state index contributed by atoms with van der Waals surface area (Å²) >= 11 is 0. The molecule has 0 fully saturated rings. The Labute approximate surface area is 162 Å². The van der Waals surface area contributed by atoms with Crippen molar-refractivity contribution in [1.29, 1.82) is 0 Å². The predicted octanol–water partition coefficient (Wildman–Crippen LogP) is 4.32. The number of aromatic nitrogens is 4. The zero-order chi connectivity index (χ0) is 20.0. The Morgan fingerprint density at radius 2 is 1.81 bits per heavy atom. The first-order valence-corrected chi connectivity index (χ1v) is 12.1. The fourth-order valence-electron chi connectivity index (χ4n) is 2.71. The molecular weight excluding hydrogens is 350 g/mol. The van der Waals surface area contributed by atoms with E-state index in [9.17, 15) is 0 Å². The maximum absolute atomic E-state index is 6.00. The summed E-state index contributed by atoms with van der Waals surface area (Å²) in [5, 5.41) is 1.09. The number of hydrogen-bond acceptors (Lipinski definition) is 4. The highest BCUT2D eigenvalue weighted by Crippen LogP contribution is 2.35. The molecule has 0 bridgehead atoms. The Bertz CT molecular complexity index is 1080. The summed E-state index contributed by atoms with van der Waals surface area (Å²) in [6, 6.07) is 4.08. The van der Waals surface area contributed by atoms with Crippen LogP contribution >= 0.6 is 0 Å². The second-order valence-electron chi connectivity index (χ2n) is 8.59. The SMILES string of the molecule is Cc1cc(C#C[Si](C)(C)C(C)(C)C)ncc1-c1cc2c(N)ncnc2n1C. The first-order valence-electron chi connectivity index (χ1n) is 9.07. The van der Waals surface area contributed by atoms with E-state index in [4.69, 9.17) is 5.73 Å². The topological polar surface area (TPSA) is 69.6 Å². The van der Waals surface area contributed by atoms with Crippen LogP contribution in [0.3, 0.4) is 0 Å². The molecule has 0 aliphatic carbocycles. The first-order chi connectivity index (χ1) is 12.5. The summed E-state index contributed by atoms with van der Waals surface area (Å²) in [7, 11) is 0.326. The highest BCUT2D eigenvalue weighted by atomic mass is 28.3. The highest BCUT2D eigenvalue weighted by Gasteiger charge is 2.33. The molecule has 2 N–H and O–H groups in total. The van der Waals surface area contributed by atoms with Crippen LogP contribution < -0.4 is 5.73 Å². The van der Waals surface area contributed by atoms with Crippen LogP contribution in [0.5, 0.6) is 0 Å². The molecule has 0 saturated carbocycles. The lowest BCUT2D eigenvalue weighted by Crippen LogP contribution is -2.35. The van der Waals surface area contributed by atoms with E-state index in [0.717, 1.165) is 33.5 Å². The lowest BCUT2D eigenvalue weighted by Gasteiger charge is -2.31. The normalized spacial score (nSPS) is 12.1. The van der Waals surface area contributed by atoms with Crippen molar-refractivity contribution in [1.82, 2.24) is 19.5 Å². The van der Waals surface area contributed by atoms with Gasteiger partial charge in [-0.1, -0.05) is 39.8 Å². The summed E-state index contributed by atoms with van der Waals surface area (Å²) in [5.41, 5.74) is 14.4. The molecule has 0 aliphatic rings. The average molecular weight is 378 g/mol. The van der Waals surface area contributed by atoms with E-state index >= 15 is 0 Å². The summed E-state index contributed by atoms with van der Waals surface area (Å²) in [4.78, 5) is 13.0. The molecule has 0 spiro atoms. The molecule has 0 unspecified atom stereocenters. The molecule has 3 heterocycles. The molecule has 0 atom stereocenters. The zero-order valence-corrected chi connectivity index (χ0v) is 18.2. The van der Waals surface area contributed by atoms with E-state index in [1.54, 1.807) is 0 Å². The molecule has 0 radical (unpaired) electrons. The van der Waals surface area contributed by atoms with Crippen molar-refractivity contribution in [3.05, 3.63) is 35.9 Å².